The molecular weight excluding hydrogens is 204 g/mol. The van der Waals surface area contributed by atoms with Crippen molar-refractivity contribution in [3.05, 3.63) is 29.7 Å². The quantitative estimate of drug-likeness (QED) is 0.797. The number of likely N-dealkylation sites (N-methyl/N-ethyl adjacent to an activating group) is 1. The van der Waals surface area contributed by atoms with Crippen LogP contribution in [0.15, 0.2) is 22.6 Å². The molecule has 0 radical (unpaired) electrons. The van der Waals surface area contributed by atoms with Crippen LogP contribution in [0.1, 0.15) is 23.2 Å². The van der Waals surface area contributed by atoms with Crippen molar-refractivity contribution < 1.29 is 9.21 Å². The van der Waals surface area contributed by atoms with E-state index in [9.17, 15) is 4.79 Å². The molecule has 0 saturated heterocycles. The molecule has 0 unspecified atom stereocenters. The lowest BCUT2D eigenvalue weighted by Gasteiger charge is -2.00. The summed E-state index contributed by atoms with van der Waals surface area (Å²) in [4.78, 5) is 15.9. The van der Waals surface area contributed by atoms with Crippen LogP contribution in [0, 0.1) is 6.92 Å². The molecule has 0 saturated carbocycles. The Labute approximate surface area is 93.7 Å². The number of nitrogens with zero attached hydrogens (tertiary/aromatic N) is 1. The first-order chi connectivity index (χ1) is 7.70. The summed E-state index contributed by atoms with van der Waals surface area (Å²) in [5.74, 6) is 0.684. The zero-order valence-electron chi connectivity index (χ0n) is 9.41. The van der Waals surface area contributed by atoms with Crippen LogP contribution in [-0.2, 0) is 0 Å². The molecule has 4 nitrogen and oxygen atoms in total. The van der Waals surface area contributed by atoms with Gasteiger partial charge in [-0.3, -0.25) is 4.79 Å². The number of hydrogen-bond donors (Lipinski definition) is 1. The van der Waals surface area contributed by atoms with E-state index >= 15 is 0 Å². The molecule has 0 aliphatic heterocycles. The van der Waals surface area contributed by atoms with Gasteiger partial charge in [-0.2, -0.15) is 0 Å². The van der Waals surface area contributed by atoms with Gasteiger partial charge in [0.1, 0.15) is 5.52 Å². The molecule has 0 bridgehead atoms. The van der Waals surface area contributed by atoms with Gasteiger partial charge in [-0.05, 0) is 24.7 Å². The largest absolute Gasteiger partial charge is 0.441 e. The SMILES string of the molecule is CCNCC(=O)c1ccc2nc(C)oc2c1. The van der Waals surface area contributed by atoms with E-state index in [1.165, 1.54) is 0 Å². The Kier molecular flexibility index (Phi) is 3.01. The fourth-order valence-corrected chi connectivity index (χ4v) is 1.55. The molecule has 2 aromatic rings. The zero-order chi connectivity index (χ0) is 11.5. The van der Waals surface area contributed by atoms with Crippen LogP contribution < -0.4 is 5.32 Å². The first-order valence-electron chi connectivity index (χ1n) is 5.32. The predicted octanol–water partition coefficient (Wildman–Crippen LogP) is 1.93. The maximum atomic E-state index is 11.7. The number of aryl methyl sites for hydroxylation is 1. The van der Waals surface area contributed by atoms with E-state index in [1.807, 2.05) is 13.0 Å². The molecule has 0 atom stereocenters. The van der Waals surface area contributed by atoms with Crippen molar-refractivity contribution >= 4 is 16.9 Å². The van der Waals surface area contributed by atoms with Crippen molar-refractivity contribution in [1.82, 2.24) is 10.3 Å². The summed E-state index contributed by atoms with van der Waals surface area (Å²) in [6.45, 7) is 4.90. The summed E-state index contributed by atoms with van der Waals surface area (Å²) in [6, 6.07) is 5.34. The van der Waals surface area contributed by atoms with Crippen LogP contribution in [0.3, 0.4) is 0 Å². The average Bonchev–Trinajstić information content (AvgIpc) is 2.64. The number of Topliss-reactive ketones (excluding diaryl/α,β-unsaturated/α-hetero) is 1. The molecule has 0 spiro atoms. The van der Waals surface area contributed by atoms with Crippen molar-refractivity contribution in [3.8, 4) is 0 Å². The minimum atomic E-state index is 0.0674. The third-order valence-corrected chi connectivity index (χ3v) is 2.35. The molecule has 0 aliphatic rings. The highest BCUT2D eigenvalue weighted by Crippen LogP contribution is 2.16. The molecule has 2 rings (SSSR count). The van der Waals surface area contributed by atoms with E-state index in [0.717, 1.165) is 12.1 Å². The molecule has 1 aromatic carbocycles. The number of rotatable bonds is 4. The molecule has 0 aliphatic carbocycles. The minimum Gasteiger partial charge on any atom is -0.441 e. The Bertz CT molecular complexity index is 517. The van der Waals surface area contributed by atoms with E-state index in [2.05, 4.69) is 10.3 Å². The van der Waals surface area contributed by atoms with Crippen LogP contribution in [0.4, 0.5) is 0 Å². The van der Waals surface area contributed by atoms with Crippen LogP contribution >= 0.6 is 0 Å². The Morgan fingerprint density at radius 3 is 3.06 bits per heavy atom. The van der Waals surface area contributed by atoms with Gasteiger partial charge in [-0.1, -0.05) is 6.92 Å². The highest BCUT2D eigenvalue weighted by molar-refractivity contribution is 5.99. The maximum Gasteiger partial charge on any atom is 0.192 e. The van der Waals surface area contributed by atoms with Gasteiger partial charge < -0.3 is 9.73 Å². The van der Waals surface area contributed by atoms with E-state index < -0.39 is 0 Å². The molecule has 84 valence electrons. The van der Waals surface area contributed by atoms with Crippen molar-refractivity contribution in [2.45, 2.75) is 13.8 Å². The van der Waals surface area contributed by atoms with Crippen LogP contribution in [0.5, 0.6) is 0 Å². The molecule has 0 fully saturated rings. The van der Waals surface area contributed by atoms with Crippen molar-refractivity contribution in [1.29, 1.82) is 0 Å². The molecule has 1 aromatic heterocycles. The molecule has 4 heteroatoms. The Balaban J connectivity index is 2.28. The second-order valence-corrected chi connectivity index (χ2v) is 3.62. The molecular formula is C12H14N2O2. The number of oxazole rings is 1. The molecule has 1 heterocycles. The van der Waals surface area contributed by atoms with Gasteiger partial charge in [-0.15, -0.1) is 0 Å². The molecule has 1 N–H and O–H groups in total. The van der Waals surface area contributed by atoms with Gasteiger partial charge in [0.05, 0.1) is 6.54 Å². The molecule has 16 heavy (non-hydrogen) atoms. The van der Waals surface area contributed by atoms with Gasteiger partial charge in [-0.25, -0.2) is 4.98 Å². The fourth-order valence-electron chi connectivity index (χ4n) is 1.55. The van der Waals surface area contributed by atoms with Gasteiger partial charge in [0.15, 0.2) is 17.3 Å². The highest BCUT2D eigenvalue weighted by atomic mass is 16.3. The number of fused-ring (bicyclic) bond motifs is 1. The van der Waals surface area contributed by atoms with E-state index in [4.69, 9.17) is 4.42 Å². The van der Waals surface area contributed by atoms with Crippen molar-refractivity contribution in [3.63, 3.8) is 0 Å². The molecule has 0 amide bonds. The maximum absolute atomic E-state index is 11.7. The number of benzene rings is 1. The van der Waals surface area contributed by atoms with Crippen molar-refractivity contribution in [2.75, 3.05) is 13.1 Å². The summed E-state index contributed by atoms with van der Waals surface area (Å²) in [5, 5.41) is 3.00. The van der Waals surface area contributed by atoms with Crippen LogP contribution in [0.25, 0.3) is 11.1 Å². The van der Waals surface area contributed by atoms with Gasteiger partial charge >= 0.3 is 0 Å². The lowest BCUT2D eigenvalue weighted by atomic mass is 10.1. The summed E-state index contributed by atoms with van der Waals surface area (Å²) < 4.78 is 5.38. The topological polar surface area (TPSA) is 55.1 Å². The Morgan fingerprint density at radius 2 is 2.31 bits per heavy atom. The van der Waals surface area contributed by atoms with E-state index in [1.54, 1.807) is 19.1 Å². The third kappa shape index (κ3) is 2.12. The highest BCUT2D eigenvalue weighted by Gasteiger charge is 2.08. The number of aromatic nitrogens is 1. The van der Waals surface area contributed by atoms with Gasteiger partial charge in [0.25, 0.3) is 0 Å². The van der Waals surface area contributed by atoms with Gasteiger partial charge in [0.2, 0.25) is 0 Å². The van der Waals surface area contributed by atoms with Crippen LogP contribution in [0.2, 0.25) is 0 Å². The fraction of sp³-hybridized carbons (Fsp3) is 0.333. The lowest BCUT2D eigenvalue weighted by Crippen LogP contribution is -2.22. The monoisotopic (exact) mass is 218 g/mol. The number of carbonyl (C=O) groups excluding carboxylic acids is 1. The summed E-state index contributed by atoms with van der Waals surface area (Å²) in [6.07, 6.45) is 0. The zero-order valence-corrected chi connectivity index (χ0v) is 9.41. The summed E-state index contributed by atoms with van der Waals surface area (Å²) in [5.41, 5.74) is 2.11. The first-order valence-corrected chi connectivity index (χ1v) is 5.32. The van der Waals surface area contributed by atoms with Crippen molar-refractivity contribution in [2.24, 2.45) is 0 Å². The normalized spacial score (nSPS) is 10.9. The third-order valence-electron chi connectivity index (χ3n) is 2.35. The number of hydrogen-bond acceptors (Lipinski definition) is 4. The number of ketones is 1. The first kappa shape index (κ1) is 10.8. The standard InChI is InChI=1S/C12H14N2O2/c1-3-13-7-11(15)9-4-5-10-12(6-9)16-8(2)14-10/h4-6,13H,3,7H2,1-2H3. The predicted molar refractivity (Wildman–Crippen MR) is 61.6 cm³/mol. The van der Waals surface area contributed by atoms with E-state index in [0.29, 0.717) is 23.6 Å². The Morgan fingerprint density at radius 1 is 1.50 bits per heavy atom. The second-order valence-electron chi connectivity index (χ2n) is 3.62. The minimum absolute atomic E-state index is 0.0674. The lowest BCUT2D eigenvalue weighted by molar-refractivity contribution is 0.0992. The number of nitrogens with one attached hydrogen (secondary N) is 1. The van der Waals surface area contributed by atoms with Crippen LogP contribution in [-0.4, -0.2) is 23.9 Å². The average molecular weight is 218 g/mol. The van der Waals surface area contributed by atoms with E-state index in [-0.39, 0.29) is 5.78 Å². The number of carbonyl (C=O) groups is 1. The summed E-state index contributed by atoms with van der Waals surface area (Å²) in [7, 11) is 0. The second kappa shape index (κ2) is 4.45. The Hall–Kier alpha value is -1.68. The summed E-state index contributed by atoms with van der Waals surface area (Å²) >= 11 is 0. The van der Waals surface area contributed by atoms with Gasteiger partial charge in [0, 0.05) is 12.5 Å². The smallest absolute Gasteiger partial charge is 0.192 e.